The summed E-state index contributed by atoms with van der Waals surface area (Å²) in [5.41, 5.74) is 6.99. The van der Waals surface area contributed by atoms with E-state index in [0.29, 0.717) is 18.1 Å². The molecule has 2 aromatic rings. The molecular weight excluding hydrogens is 288 g/mol. The number of nitrogens with zero attached hydrogens (tertiary/aromatic N) is 3. The van der Waals surface area contributed by atoms with E-state index in [1.807, 2.05) is 36.7 Å². The predicted octanol–water partition coefficient (Wildman–Crippen LogP) is 2.64. The first-order chi connectivity index (χ1) is 10.0. The van der Waals surface area contributed by atoms with Crippen LogP contribution in [0.2, 0.25) is 5.02 Å². The van der Waals surface area contributed by atoms with Crippen molar-refractivity contribution in [3.05, 3.63) is 40.4 Å². The van der Waals surface area contributed by atoms with E-state index >= 15 is 0 Å². The summed E-state index contributed by atoms with van der Waals surface area (Å²) in [6, 6.07) is 5.72. The van der Waals surface area contributed by atoms with Crippen LogP contribution in [0.5, 0.6) is 5.75 Å². The van der Waals surface area contributed by atoms with Gasteiger partial charge in [0.1, 0.15) is 18.2 Å². The van der Waals surface area contributed by atoms with Crippen molar-refractivity contribution in [2.24, 2.45) is 12.8 Å². The predicted molar refractivity (Wildman–Crippen MR) is 83.5 cm³/mol. The minimum absolute atomic E-state index is 0.0734. The number of rotatable bonds is 6. The third kappa shape index (κ3) is 3.74. The molecule has 1 aromatic heterocycles. The quantitative estimate of drug-likeness (QED) is 0.891. The van der Waals surface area contributed by atoms with Gasteiger partial charge in [-0.2, -0.15) is 0 Å². The largest absolute Gasteiger partial charge is 0.485 e. The van der Waals surface area contributed by atoms with Crippen LogP contribution in [0.15, 0.2) is 18.2 Å². The molecule has 1 unspecified atom stereocenters. The lowest BCUT2D eigenvalue weighted by molar-refractivity contribution is 0.287. The molecule has 0 saturated heterocycles. The molecule has 0 aliphatic heterocycles. The Kier molecular flexibility index (Phi) is 5.20. The zero-order chi connectivity index (χ0) is 15.4. The van der Waals surface area contributed by atoms with E-state index in [4.69, 9.17) is 22.1 Å². The summed E-state index contributed by atoms with van der Waals surface area (Å²) < 4.78 is 7.79. The van der Waals surface area contributed by atoms with Crippen LogP contribution >= 0.6 is 11.6 Å². The molecule has 0 aliphatic carbocycles. The van der Waals surface area contributed by atoms with Crippen LogP contribution in [0.3, 0.4) is 0 Å². The van der Waals surface area contributed by atoms with E-state index in [1.165, 1.54) is 0 Å². The molecule has 0 fully saturated rings. The fourth-order valence-electron chi connectivity index (χ4n) is 2.00. The average molecular weight is 309 g/mol. The second kappa shape index (κ2) is 6.91. The maximum Gasteiger partial charge on any atom is 0.170 e. The van der Waals surface area contributed by atoms with Gasteiger partial charge in [-0.3, -0.25) is 0 Å². The molecule has 21 heavy (non-hydrogen) atoms. The topological polar surface area (TPSA) is 66.0 Å². The fraction of sp³-hybridized carbons (Fsp3) is 0.467. The van der Waals surface area contributed by atoms with Crippen molar-refractivity contribution in [2.45, 2.75) is 39.3 Å². The zero-order valence-electron chi connectivity index (χ0n) is 12.6. The molecule has 0 radical (unpaired) electrons. The highest BCUT2D eigenvalue weighted by atomic mass is 35.5. The van der Waals surface area contributed by atoms with E-state index in [9.17, 15) is 0 Å². The van der Waals surface area contributed by atoms with Gasteiger partial charge < -0.3 is 15.0 Å². The average Bonchev–Trinajstić information content (AvgIpc) is 2.79. The van der Waals surface area contributed by atoms with E-state index in [1.54, 1.807) is 0 Å². The van der Waals surface area contributed by atoms with Gasteiger partial charge in [0, 0.05) is 23.7 Å². The number of halogens is 1. The molecule has 6 heteroatoms. The lowest BCUT2D eigenvalue weighted by atomic mass is 10.0. The summed E-state index contributed by atoms with van der Waals surface area (Å²) >= 11 is 6.28. The third-order valence-electron chi connectivity index (χ3n) is 3.61. The summed E-state index contributed by atoms with van der Waals surface area (Å²) in [5, 5.41) is 8.79. The molecule has 0 amide bonds. The Bertz CT molecular complexity index is 612. The number of ether oxygens (including phenoxy) is 1. The van der Waals surface area contributed by atoms with E-state index in [2.05, 4.69) is 17.1 Å². The molecule has 0 spiro atoms. The van der Waals surface area contributed by atoms with Crippen molar-refractivity contribution in [1.82, 2.24) is 14.8 Å². The third-order valence-corrected chi connectivity index (χ3v) is 3.96. The smallest absolute Gasteiger partial charge is 0.170 e. The Morgan fingerprint density at radius 1 is 1.38 bits per heavy atom. The summed E-state index contributed by atoms with van der Waals surface area (Å²) in [7, 11) is 1.92. The molecule has 2 N–H and O–H groups in total. The summed E-state index contributed by atoms with van der Waals surface area (Å²) in [5.74, 6) is 2.39. The van der Waals surface area contributed by atoms with Gasteiger partial charge in [0.2, 0.25) is 0 Å². The maximum atomic E-state index is 6.28. The van der Waals surface area contributed by atoms with Gasteiger partial charge in [-0.25, -0.2) is 0 Å². The van der Waals surface area contributed by atoms with Crippen LogP contribution in [-0.2, 0) is 20.1 Å². The highest BCUT2D eigenvalue weighted by Gasteiger charge is 2.13. The Balaban J connectivity index is 2.16. The lowest BCUT2D eigenvalue weighted by Gasteiger charge is -2.15. The Hall–Kier alpha value is -1.59. The van der Waals surface area contributed by atoms with Gasteiger partial charge in [-0.1, -0.05) is 24.6 Å². The van der Waals surface area contributed by atoms with E-state index in [0.717, 1.165) is 29.4 Å². The Labute approximate surface area is 130 Å². The first-order valence-electron chi connectivity index (χ1n) is 7.03. The van der Waals surface area contributed by atoms with Gasteiger partial charge in [0.05, 0.1) is 0 Å². The van der Waals surface area contributed by atoms with Crippen molar-refractivity contribution in [2.75, 3.05) is 0 Å². The van der Waals surface area contributed by atoms with Gasteiger partial charge >= 0.3 is 0 Å². The summed E-state index contributed by atoms with van der Waals surface area (Å²) in [6.07, 6.45) is 1.59. The normalized spacial score (nSPS) is 12.4. The van der Waals surface area contributed by atoms with Crippen LogP contribution in [0.1, 0.15) is 30.6 Å². The second-order valence-electron chi connectivity index (χ2n) is 5.10. The molecule has 5 nitrogen and oxygen atoms in total. The molecular formula is C15H21ClN4O. The van der Waals surface area contributed by atoms with Gasteiger partial charge in [-0.15, -0.1) is 10.2 Å². The molecule has 1 atom stereocenters. The first-order valence-corrected chi connectivity index (χ1v) is 7.41. The van der Waals surface area contributed by atoms with Crippen molar-refractivity contribution in [3.8, 4) is 5.75 Å². The van der Waals surface area contributed by atoms with Crippen LogP contribution in [0.4, 0.5) is 0 Å². The minimum atomic E-state index is 0.0734. The number of aromatic nitrogens is 3. The minimum Gasteiger partial charge on any atom is -0.485 e. The molecule has 2 rings (SSSR count). The lowest BCUT2D eigenvalue weighted by Crippen LogP contribution is -2.22. The number of benzene rings is 1. The zero-order valence-corrected chi connectivity index (χ0v) is 13.4. The second-order valence-corrected chi connectivity index (χ2v) is 5.51. The number of hydrogen-bond donors (Lipinski definition) is 1. The van der Waals surface area contributed by atoms with E-state index in [-0.39, 0.29) is 6.04 Å². The summed E-state index contributed by atoms with van der Waals surface area (Å²) in [6.45, 7) is 4.32. The monoisotopic (exact) mass is 308 g/mol. The molecule has 0 saturated carbocycles. The van der Waals surface area contributed by atoms with Crippen LogP contribution in [-0.4, -0.2) is 20.8 Å². The van der Waals surface area contributed by atoms with Gasteiger partial charge in [0.15, 0.2) is 5.82 Å². The Morgan fingerprint density at radius 2 is 2.14 bits per heavy atom. The standard InChI is InChI=1S/C15H21ClN4O/c1-4-11(17)8-12-13(16)6-5-7-14(12)21-9-15-19-18-10(2)20(15)3/h5-7,11H,4,8-9,17H2,1-3H3. The van der Waals surface area contributed by atoms with Crippen LogP contribution < -0.4 is 10.5 Å². The van der Waals surface area contributed by atoms with Gasteiger partial charge in [-0.05, 0) is 31.9 Å². The van der Waals surface area contributed by atoms with E-state index < -0.39 is 0 Å². The summed E-state index contributed by atoms with van der Waals surface area (Å²) in [4.78, 5) is 0. The van der Waals surface area contributed by atoms with Crippen molar-refractivity contribution >= 4 is 11.6 Å². The highest BCUT2D eigenvalue weighted by Crippen LogP contribution is 2.28. The van der Waals surface area contributed by atoms with Crippen molar-refractivity contribution < 1.29 is 4.74 Å². The Morgan fingerprint density at radius 3 is 2.76 bits per heavy atom. The number of nitrogens with two attached hydrogens (primary N) is 1. The van der Waals surface area contributed by atoms with Crippen LogP contribution in [0.25, 0.3) is 0 Å². The highest BCUT2D eigenvalue weighted by molar-refractivity contribution is 6.31. The molecule has 0 aliphatic rings. The van der Waals surface area contributed by atoms with Crippen molar-refractivity contribution in [1.29, 1.82) is 0 Å². The van der Waals surface area contributed by atoms with Crippen LogP contribution in [0, 0.1) is 6.92 Å². The molecule has 0 bridgehead atoms. The van der Waals surface area contributed by atoms with Crippen molar-refractivity contribution in [3.63, 3.8) is 0 Å². The number of hydrogen-bond acceptors (Lipinski definition) is 4. The number of aryl methyl sites for hydroxylation is 1. The first kappa shape index (κ1) is 15.8. The molecule has 114 valence electrons. The van der Waals surface area contributed by atoms with Gasteiger partial charge in [0.25, 0.3) is 0 Å². The fourth-order valence-corrected chi connectivity index (χ4v) is 2.24. The maximum absolute atomic E-state index is 6.28. The molecule has 1 aromatic carbocycles. The molecule has 1 heterocycles. The SMILES string of the molecule is CCC(N)Cc1c(Cl)cccc1OCc1nnc(C)n1C.